The number of carbonyl (C=O) groups excluding carboxylic acids is 8. The van der Waals surface area contributed by atoms with Crippen molar-refractivity contribution in [2.45, 2.75) is 201 Å². The highest BCUT2D eigenvalue weighted by Crippen LogP contribution is 2.52. The second-order valence-electron chi connectivity index (χ2n) is 42.6. The molecular weight excluding hydrogens is 1960 g/mol. The van der Waals surface area contributed by atoms with E-state index >= 15 is 0 Å². The van der Waals surface area contributed by atoms with E-state index < -0.39 is 81.6 Å². The van der Waals surface area contributed by atoms with E-state index in [4.69, 9.17) is 19.3 Å². The fraction of sp³-hybridized carbons (Fsp3) is 0.363. The van der Waals surface area contributed by atoms with Gasteiger partial charge in [-0.3, -0.25) is 62.8 Å². The molecule has 4 aromatic heterocycles. The molecule has 148 heavy (non-hydrogen) atoms. The summed E-state index contributed by atoms with van der Waals surface area (Å²) in [7, 11) is -9.04. The number of halogens is 2. The summed E-state index contributed by atoms with van der Waals surface area (Å²) in [5, 5.41) is 18.2. The van der Waals surface area contributed by atoms with Crippen LogP contribution in [0.5, 0.6) is 17.2 Å². The van der Waals surface area contributed by atoms with Gasteiger partial charge in [0.2, 0.25) is 23.6 Å². The second kappa shape index (κ2) is 41.7. The Balaban J connectivity index is 0.000000142. The first-order valence-electron chi connectivity index (χ1n) is 48.6. The third-order valence-corrected chi connectivity index (χ3v) is 34.4. The van der Waals surface area contributed by atoms with Crippen LogP contribution >= 0.6 is 0 Å². The molecule has 774 valence electrons. The lowest BCUT2D eigenvalue weighted by Crippen LogP contribution is -2.34. The van der Waals surface area contributed by atoms with E-state index in [0.29, 0.717) is 138 Å². The molecule has 11 aromatic rings. The SMILES string of the molecule is CC1(C)C(=O)Cc2ccc(C(=O)O)cc21.CC1(C)C(=O)N(c2cc(OCc3ccccc3)ccn2)c2ccc(C(=O)O)cc21.CC1(CC(=O)c2ccc3c(c2)C(C)(C)C(=O)N3c2cc(=O)cc[nH]2)CCS(=O)(=O)CC1.CC1(CC(=O)c2ccc3c(c2)C(C)(C)C(=O)N3c2cc(OCC(F)F)ccn2)CCS(=O)(=O)CC1.CC1(CC(=O)c2ccc3c(c2)C(C)(C)C(=O)N3c2cc(OCc3ccccc3)ccn2)CCS(=O)(=O)CC1. The van der Waals surface area contributed by atoms with Crippen LogP contribution in [0.2, 0.25) is 0 Å². The monoisotopic (exact) mass is 2070 g/mol. The van der Waals surface area contributed by atoms with Crippen molar-refractivity contribution >= 4 is 134 Å². The quantitative estimate of drug-likeness (QED) is 0.0473. The molecule has 30 nitrogen and oxygen atoms in total. The molecule has 7 aliphatic heterocycles. The molecule has 3 saturated heterocycles. The summed E-state index contributed by atoms with van der Waals surface area (Å²) in [4.78, 5) is 160. The van der Waals surface area contributed by atoms with Gasteiger partial charge in [-0.05, 0) is 272 Å². The van der Waals surface area contributed by atoms with E-state index in [1.807, 2.05) is 121 Å². The van der Waals surface area contributed by atoms with Crippen LogP contribution in [0.15, 0.2) is 230 Å². The second-order valence-corrected chi connectivity index (χ2v) is 49.5. The number of anilines is 8. The van der Waals surface area contributed by atoms with Crippen LogP contribution in [-0.4, -0.2) is 162 Å². The van der Waals surface area contributed by atoms with E-state index in [1.165, 1.54) is 57.4 Å². The molecule has 0 saturated carbocycles. The third-order valence-electron chi connectivity index (χ3n) is 29.5. The summed E-state index contributed by atoms with van der Waals surface area (Å²) in [6.45, 7) is 24.0. The van der Waals surface area contributed by atoms with Crippen molar-refractivity contribution in [3.05, 3.63) is 308 Å². The van der Waals surface area contributed by atoms with E-state index in [1.54, 1.807) is 156 Å². The number of sulfone groups is 3. The number of carboxylic acid groups (broad SMARTS) is 2. The van der Waals surface area contributed by atoms with Gasteiger partial charge in [0.05, 0.1) is 90.1 Å². The zero-order chi connectivity index (χ0) is 107. The number of nitrogens with zero attached hydrogens (tertiary/aromatic N) is 7. The predicted molar refractivity (Wildman–Crippen MR) is 556 cm³/mol. The number of fused-ring (bicyclic) bond motifs is 5. The number of ketones is 4. The Kier molecular flexibility index (Phi) is 30.4. The maximum Gasteiger partial charge on any atom is 0.335 e. The number of pyridine rings is 4. The number of aromatic nitrogens is 4. The minimum atomic E-state index is -3.03. The molecule has 0 atom stereocenters. The number of carbonyl (C=O) groups is 10. The van der Waals surface area contributed by atoms with Crippen LogP contribution in [0.4, 0.5) is 54.8 Å². The smallest absolute Gasteiger partial charge is 0.335 e. The predicted octanol–water partition coefficient (Wildman–Crippen LogP) is 19.1. The minimum absolute atomic E-state index is 0.0364. The van der Waals surface area contributed by atoms with Crippen molar-refractivity contribution in [1.29, 1.82) is 0 Å². The zero-order valence-electron chi connectivity index (χ0n) is 84.5. The van der Waals surface area contributed by atoms with Gasteiger partial charge in [0.15, 0.2) is 22.8 Å². The summed E-state index contributed by atoms with van der Waals surface area (Å²) >= 11 is 0. The summed E-state index contributed by atoms with van der Waals surface area (Å²) in [5.74, 6) is 0.803. The number of benzene rings is 7. The van der Waals surface area contributed by atoms with Crippen molar-refractivity contribution < 1.29 is 106 Å². The van der Waals surface area contributed by atoms with Gasteiger partial charge in [-0.25, -0.2) is 58.6 Å². The van der Waals surface area contributed by atoms with Gasteiger partial charge in [0, 0.05) is 103 Å². The fourth-order valence-electron chi connectivity index (χ4n) is 19.6. The van der Waals surface area contributed by atoms with Gasteiger partial charge >= 0.3 is 11.9 Å². The van der Waals surface area contributed by atoms with Crippen LogP contribution in [0.1, 0.15) is 244 Å². The number of hydrogen-bond acceptors (Lipinski definition) is 23. The molecule has 8 aliphatic rings. The van der Waals surface area contributed by atoms with Gasteiger partial charge in [-0.2, -0.15) is 0 Å². The largest absolute Gasteiger partial charge is 0.489 e. The number of amides is 4. The van der Waals surface area contributed by atoms with Gasteiger partial charge < -0.3 is 29.4 Å². The highest BCUT2D eigenvalue weighted by molar-refractivity contribution is 7.91. The number of aromatic amines is 1. The Bertz CT molecular complexity index is 7530. The molecule has 7 aromatic carbocycles. The molecule has 3 N–H and O–H groups in total. The molecule has 0 unspecified atom stereocenters. The topological polar surface area (TPSA) is 426 Å². The number of ether oxygens (including phenoxy) is 3. The first-order chi connectivity index (χ1) is 69.5. The number of H-pyrrole nitrogens is 1. The van der Waals surface area contributed by atoms with Crippen molar-refractivity contribution in [3.63, 3.8) is 0 Å². The maximum atomic E-state index is 13.6. The maximum absolute atomic E-state index is 13.6. The van der Waals surface area contributed by atoms with Gasteiger partial charge in [0.1, 0.15) is 95.6 Å². The normalized spacial score (nSPS) is 18.7. The Morgan fingerprint density at radius 1 is 0.365 bits per heavy atom. The molecule has 11 heterocycles. The van der Waals surface area contributed by atoms with Crippen LogP contribution in [-0.2, 0) is 100 Å². The molecule has 4 amide bonds. The van der Waals surface area contributed by atoms with Crippen molar-refractivity contribution in [1.82, 2.24) is 19.9 Å². The number of aromatic carboxylic acids is 2. The van der Waals surface area contributed by atoms with E-state index in [2.05, 4.69) is 19.9 Å². The van der Waals surface area contributed by atoms with Crippen molar-refractivity contribution in [3.8, 4) is 17.2 Å². The van der Waals surface area contributed by atoms with E-state index in [9.17, 15) is 91.9 Å². The molecule has 19 rings (SSSR count). The number of carboxylic acids is 2. The Labute approximate surface area is 857 Å². The molecular formula is C113H118F2N8O22S3. The van der Waals surface area contributed by atoms with Crippen LogP contribution < -0.4 is 39.2 Å². The number of rotatable bonds is 24. The summed E-state index contributed by atoms with van der Waals surface area (Å²) in [6, 6.07) is 57.5. The fourth-order valence-corrected chi connectivity index (χ4v) is 25.1. The van der Waals surface area contributed by atoms with Crippen LogP contribution in [0.25, 0.3) is 0 Å². The average Bonchev–Trinajstić information content (AvgIpc) is 1.59. The minimum Gasteiger partial charge on any atom is -0.489 e. The average molecular weight is 2070 g/mol. The molecule has 0 bridgehead atoms. The van der Waals surface area contributed by atoms with E-state index in [-0.39, 0.29) is 145 Å². The van der Waals surface area contributed by atoms with Gasteiger partial charge in [-0.1, -0.05) is 87.5 Å². The summed E-state index contributed by atoms with van der Waals surface area (Å²) in [5.41, 5.74) is 5.80. The zero-order valence-corrected chi connectivity index (χ0v) is 87.0. The van der Waals surface area contributed by atoms with E-state index in [0.717, 1.165) is 33.4 Å². The number of alkyl halides is 2. The standard InChI is InChI=1S/C30H32N2O5S.C25H28F2N2O5S.C23H26N2O5S.C23H20N2O4.C12H12O3/c1-29(2)24-17-22(26(33)19-30(3)12-15-38(35,36)16-13-30)9-10-25(24)32(28(29)34)27-18-23(11-14-31-27)37-20-21-7-5-4-6-8-21;1-24(2)18-12-16(20(30)14-25(3)7-10-35(32,33)11-8-25)4-5-19(18)29(23(24)31)22-13-17(6-9-28-22)34-15-21(26)27;1-22(2)17-12-15(19(27)14-23(3)7-10-31(29,30)11-8-23)4-5-18(17)25(21(22)28)20-13-16(26)6-9-24-20;1-23(2)18-12-16(21(26)27)8-9-19(18)25(22(23)28)20-13-17(10-11-24-20)29-14-15-6-4-3-5-7-15;1-12(2)9-5-8(11(14)15)4-3-7(9)6-10(12)13/h4-11,14,17-18H,12-13,15-16,19-20H2,1-3H3;4-6,9,12-13,21H,7-8,10-11,14-15H2,1-3H3;4-6,9,12-13H,7-8,10-11,14H2,1-3H3,(H,24,26);3-13H,14H2,1-2H3,(H,26,27);3-5H,6H2,1-2H3,(H,14,15). The van der Waals surface area contributed by atoms with Crippen molar-refractivity contribution in [2.24, 2.45) is 16.2 Å². The van der Waals surface area contributed by atoms with Crippen molar-refractivity contribution in [2.75, 3.05) is 60.7 Å². The molecule has 0 radical (unpaired) electrons. The summed E-state index contributed by atoms with van der Waals surface area (Å²) in [6.07, 6.45) is 7.48. The Morgan fingerprint density at radius 2 is 0.669 bits per heavy atom. The Morgan fingerprint density at radius 3 is 1.00 bits per heavy atom. The Hall–Kier alpha value is -14.5. The highest BCUT2D eigenvalue weighted by atomic mass is 32.2. The first kappa shape index (κ1) is 108. The number of Topliss-reactive ketones (excluding diaryl/α,β-unsaturated/α-hetero) is 4. The lowest BCUT2D eigenvalue weighted by molar-refractivity contribution is -0.122. The molecule has 35 heteroatoms. The van der Waals surface area contributed by atoms with Gasteiger partial charge in [-0.15, -0.1) is 0 Å². The van der Waals surface area contributed by atoms with Crippen LogP contribution in [0.3, 0.4) is 0 Å². The molecule has 3 fully saturated rings. The lowest BCUT2D eigenvalue weighted by atomic mass is 9.78. The van der Waals surface area contributed by atoms with Crippen LogP contribution in [0, 0.1) is 16.2 Å². The first-order valence-corrected chi connectivity index (χ1v) is 54.1. The summed E-state index contributed by atoms with van der Waals surface area (Å²) < 4.78 is 113. The highest BCUT2D eigenvalue weighted by Gasteiger charge is 2.52. The number of nitrogens with one attached hydrogen (secondary N) is 1. The molecule has 1 aliphatic carbocycles. The third kappa shape index (κ3) is 23.2. The molecule has 0 spiro atoms. The number of hydrogen-bond donors (Lipinski definition) is 3. The lowest BCUT2D eigenvalue weighted by Gasteiger charge is -2.32. The van der Waals surface area contributed by atoms with Gasteiger partial charge in [0.25, 0.3) is 6.43 Å².